The number of aromatic nitrogens is 1. The Morgan fingerprint density at radius 2 is 2.11 bits per heavy atom. The van der Waals surface area contributed by atoms with Crippen molar-refractivity contribution < 1.29 is 0 Å². The minimum atomic E-state index is 0.916. The zero-order chi connectivity index (χ0) is 12.8. The van der Waals surface area contributed by atoms with E-state index in [1.165, 1.54) is 44.6 Å². The smallest absolute Gasteiger partial charge is 0.0547 e. The van der Waals surface area contributed by atoms with E-state index in [1.807, 2.05) is 0 Å². The van der Waals surface area contributed by atoms with Crippen LogP contribution in [-0.4, -0.2) is 36.6 Å². The highest BCUT2D eigenvalue weighted by atomic mass is 15.1. The van der Waals surface area contributed by atoms with Crippen LogP contribution in [-0.2, 0) is 6.54 Å². The fourth-order valence-electron chi connectivity index (χ4n) is 2.62. The molecule has 100 valence electrons. The molecule has 2 rings (SSSR count). The molecule has 18 heavy (non-hydrogen) atoms. The fourth-order valence-corrected chi connectivity index (χ4v) is 2.62. The molecular weight excluding hydrogens is 222 g/mol. The van der Waals surface area contributed by atoms with E-state index in [0.29, 0.717) is 0 Å². The van der Waals surface area contributed by atoms with E-state index in [0.717, 1.165) is 18.2 Å². The predicted octanol–water partition coefficient (Wildman–Crippen LogP) is 2.21. The van der Waals surface area contributed by atoms with Gasteiger partial charge < -0.3 is 10.2 Å². The maximum absolute atomic E-state index is 4.56. The van der Waals surface area contributed by atoms with E-state index in [-0.39, 0.29) is 0 Å². The summed E-state index contributed by atoms with van der Waals surface area (Å²) in [5, 5.41) is 3.42. The number of pyridine rings is 1. The minimum absolute atomic E-state index is 0.916. The molecule has 0 amide bonds. The first kappa shape index (κ1) is 13.5. The number of nitrogens with one attached hydrogen (secondary N) is 1. The van der Waals surface area contributed by atoms with Crippen molar-refractivity contribution in [1.29, 1.82) is 0 Å². The number of rotatable bonds is 5. The van der Waals surface area contributed by atoms with Crippen LogP contribution in [0.25, 0.3) is 0 Å². The lowest BCUT2D eigenvalue weighted by Crippen LogP contribution is -2.30. The molecule has 0 atom stereocenters. The average molecular weight is 247 g/mol. The molecule has 1 fully saturated rings. The SMILES string of the molecule is Cc1cccc(CN(C)CCC2CCNCC2)n1. The van der Waals surface area contributed by atoms with E-state index in [9.17, 15) is 0 Å². The van der Waals surface area contributed by atoms with Gasteiger partial charge in [-0.3, -0.25) is 4.98 Å². The van der Waals surface area contributed by atoms with E-state index < -0.39 is 0 Å². The summed E-state index contributed by atoms with van der Waals surface area (Å²) >= 11 is 0. The highest BCUT2D eigenvalue weighted by Gasteiger charge is 2.13. The van der Waals surface area contributed by atoms with Gasteiger partial charge in [0.05, 0.1) is 5.69 Å². The molecule has 1 aliphatic heterocycles. The Balaban J connectivity index is 1.72. The second-order valence-electron chi connectivity index (χ2n) is 5.49. The molecule has 0 saturated carbocycles. The van der Waals surface area contributed by atoms with Gasteiger partial charge in [-0.2, -0.15) is 0 Å². The van der Waals surface area contributed by atoms with Crippen molar-refractivity contribution in [2.45, 2.75) is 32.7 Å². The van der Waals surface area contributed by atoms with Crippen LogP contribution in [0.1, 0.15) is 30.7 Å². The molecule has 0 aromatic carbocycles. The van der Waals surface area contributed by atoms with Crippen molar-refractivity contribution in [2.24, 2.45) is 5.92 Å². The standard InChI is InChI=1S/C15H25N3/c1-13-4-3-5-15(17-13)12-18(2)11-8-14-6-9-16-10-7-14/h3-5,14,16H,6-12H2,1-2H3. The molecule has 1 aromatic rings. The van der Waals surface area contributed by atoms with Crippen molar-refractivity contribution in [3.8, 4) is 0 Å². The van der Waals surface area contributed by atoms with Crippen LogP contribution in [0.2, 0.25) is 0 Å². The summed E-state index contributed by atoms with van der Waals surface area (Å²) < 4.78 is 0. The van der Waals surface area contributed by atoms with Crippen LogP contribution in [0.15, 0.2) is 18.2 Å². The second-order valence-corrected chi connectivity index (χ2v) is 5.49. The maximum Gasteiger partial charge on any atom is 0.0547 e. The van der Waals surface area contributed by atoms with Crippen LogP contribution in [0.4, 0.5) is 0 Å². The van der Waals surface area contributed by atoms with Gasteiger partial charge >= 0.3 is 0 Å². The first-order valence-corrected chi connectivity index (χ1v) is 7.06. The summed E-state index contributed by atoms with van der Waals surface area (Å²) in [6.07, 6.45) is 4.01. The Morgan fingerprint density at radius 1 is 1.33 bits per heavy atom. The lowest BCUT2D eigenvalue weighted by molar-refractivity contribution is 0.264. The highest BCUT2D eigenvalue weighted by Crippen LogP contribution is 2.16. The van der Waals surface area contributed by atoms with Gasteiger partial charge in [-0.25, -0.2) is 0 Å². The molecule has 3 nitrogen and oxygen atoms in total. The van der Waals surface area contributed by atoms with Gasteiger partial charge in [0, 0.05) is 12.2 Å². The molecule has 0 aliphatic carbocycles. The monoisotopic (exact) mass is 247 g/mol. The van der Waals surface area contributed by atoms with Crippen molar-refractivity contribution >= 4 is 0 Å². The molecule has 3 heteroatoms. The van der Waals surface area contributed by atoms with Crippen molar-refractivity contribution in [3.63, 3.8) is 0 Å². The average Bonchev–Trinajstić information content (AvgIpc) is 2.38. The number of hydrogen-bond acceptors (Lipinski definition) is 3. The first-order valence-electron chi connectivity index (χ1n) is 7.06. The lowest BCUT2D eigenvalue weighted by Gasteiger charge is -2.25. The quantitative estimate of drug-likeness (QED) is 0.864. The lowest BCUT2D eigenvalue weighted by atomic mass is 9.94. The molecule has 0 bridgehead atoms. The summed E-state index contributed by atoms with van der Waals surface area (Å²) in [6.45, 7) is 6.60. The van der Waals surface area contributed by atoms with Gasteiger partial charge in [0.25, 0.3) is 0 Å². The van der Waals surface area contributed by atoms with Gasteiger partial charge in [-0.15, -0.1) is 0 Å². The van der Waals surface area contributed by atoms with Crippen LogP contribution >= 0.6 is 0 Å². The van der Waals surface area contributed by atoms with Gasteiger partial charge in [-0.05, 0) is 70.9 Å². The Kier molecular flexibility index (Phi) is 5.14. The summed E-state index contributed by atoms with van der Waals surface area (Å²) in [5.41, 5.74) is 2.29. The topological polar surface area (TPSA) is 28.2 Å². The second kappa shape index (κ2) is 6.86. The Labute approximate surface area is 111 Å². The molecule has 1 N–H and O–H groups in total. The largest absolute Gasteiger partial charge is 0.317 e. The maximum atomic E-state index is 4.56. The third-order valence-electron chi connectivity index (χ3n) is 3.76. The Hall–Kier alpha value is -0.930. The van der Waals surface area contributed by atoms with Gasteiger partial charge in [-0.1, -0.05) is 6.07 Å². The minimum Gasteiger partial charge on any atom is -0.317 e. The summed E-state index contributed by atoms with van der Waals surface area (Å²) in [5.74, 6) is 0.916. The predicted molar refractivity (Wildman–Crippen MR) is 75.5 cm³/mol. The molecule has 1 aromatic heterocycles. The van der Waals surface area contributed by atoms with Crippen LogP contribution in [0.5, 0.6) is 0 Å². The normalized spacial score (nSPS) is 17.3. The van der Waals surface area contributed by atoms with Crippen molar-refractivity contribution in [3.05, 3.63) is 29.6 Å². The number of nitrogens with zero attached hydrogens (tertiary/aromatic N) is 2. The Bertz CT molecular complexity index is 359. The zero-order valence-electron chi connectivity index (χ0n) is 11.7. The third kappa shape index (κ3) is 4.39. The van der Waals surface area contributed by atoms with E-state index in [1.54, 1.807) is 0 Å². The van der Waals surface area contributed by atoms with Gasteiger partial charge in [0.15, 0.2) is 0 Å². The van der Waals surface area contributed by atoms with Crippen LogP contribution in [0.3, 0.4) is 0 Å². The third-order valence-corrected chi connectivity index (χ3v) is 3.76. The van der Waals surface area contributed by atoms with Gasteiger partial charge in [0.2, 0.25) is 0 Å². The molecule has 0 spiro atoms. The summed E-state index contributed by atoms with van der Waals surface area (Å²) in [6, 6.07) is 6.27. The van der Waals surface area contributed by atoms with E-state index in [2.05, 4.69) is 47.4 Å². The molecular formula is C15H25N3. The number of piperidine rings is 1. The van der Waals surface area contributed by atoms with Crippen molar-refractivity contribution in [1.82, 2.24) is 15.2 Å². The molecule has 1 saturated heterocycles. The molecule has 0 radical (unpaired) electrons. The molecule has 1 aliphatic rings. The first-order chi connectivity index (χ1) is 8.74. The fraction of sp³-hybridized carbons (Fsp3) is 0.667. The Morgan fingerprint density at radius 3 is 2.83 bits per heavy atom. The number of aryl methyl sites for hydroxylation is 1. The van der Waals surface area contributed by atoms with Crippen LogP contribution in [0, 0.1) is 12.8 Å². The van der Waals surface area contributed by atoms with E-state index in [4.69, 9.17) is 0 Å². The van der Waals surface area contributed by atoms with E-state index >= 15 is 0 Å². The highest BCUT2D eigenvalue weighted by molar-refractivity contribution is 5.09. The molecule has 2 heterocycles. The molecule has 0 unspecified atom stereocenters. The van der Waals surface area contributed by atoms with Gasteiger partial charge in [0.1, 0.15) is 0 Å². The van der Waals surface area contributed by atoms with Crippen LogP contribution < -0.4 is 5.32 Å². The van der Waals surface area contributed by atoms with Crippen molar-refractivity contribution in [2.75, 3.05) is 26.7 Å². The number of hydrogen-bond donors (Lipinski definition) is 1. The summed E-state index contributed by atoms with van der Waals surface area (Å²) in [4.78, 5) is 6.95. The zero-order valence-corrected chi connectivity index (χ0v) is 11.7. The summed E-state index contributed by atoms with van der Waals surface area (Å²) in [7, 11) is 2.20.